The zero-order valence-corrected chi connectivity index (χ0v) is 26.2. The van der Waals surface area contributed by atoms with Gasteiger partial charge < -0.3 is 20.1 Å². The molecule has 0 aliphatic rings. The van der Waals surface area contributed by atoms with Crippen LogP contribution in [0.2, 0.25) is 0 Å². The topological polar surface area (TPSA) is 115 Å². The number of nitrogens with zero attached hydrogens (tertiary/aromatic N) is 1. The molecule has 0 aromatic carbocycles. The Hall–Kier alpha value is -1.89. The van der Waals surface area contributed by atoms with Gasteiger partial charge in [-0.1, -0.05) is 109 Å². The highest BCUT2D eigenvalue weighted by molar-refractivity contribution is 5.76. The molecule has 0 heterocycles. The lowest BCUT2D eigenvalue weighted by atomic mass is 9.99. The van der Waals surface area contributed by atoms with E-state index in [-0.39, 0.29) is 6.54 Å². The van der Waals surface area contributed by atoms with Gasteiger partial charge in [0.05, 0.1) is 12.5 Å². The van der Waals surface area contributed by atoms with Crippen LogP contribution in [0.4, 0.5) is 0 Å². The van der Waals surface area contributed by atoms with E-state index in [1.54, 1.807) is 0 Å². The summed E-state index contributed by atoms with van der Waals surface area (Å²) in [4.78, 5) is 35.3. The largest absolute Gasteiger partial charge is 0.544 e. The minimum absolute atomic E-state index is 0.187. The molecule has 0 saturated heterocycles. The highest BCUT2D eigenvalue weighted by atomic mass is 16.4. The van der Waals surface area contributed by atoms with E-state index in [9.17, 15) is 29.7 Å². The van der Waals surface area contributed by atoms with E-state index < -0.39 is 40.5 Å². The molecular weight excluding hydrogens is 506 g/mol. The molecule has 0 bridgehead atoms. The van der Waals surface area contributed by atoms with E-state index in [1.165, 1.54) is 124 Å². The molecule has 0 spiro atoms. The van der Waals surface area contributed by atoms with Crippen LogP contribution in [-0.4, -0.2) is 57.3 Å². The van der Waals surface area contributed by atoms with Crippen molar-refractivity contribution >= 4 is 17.9 Å². The number of aliphatic carboxylic acids is 3. The molecule has 0 amide bonds. The van der Waals surface area contributed by atoms with Gasteiger partial charge in [0.25, 0.3) is 0 Å². The Labute approximate surface area is 245 Å². The number of carbonyl (C=O) groups is 3. The Morgan fingerprint density at radius 2 is 0.900 bits per heavy atom. The third-order valence-corrected chi connectivity index (χ3v) is 8.78. The molecule has 40 heavy (non-hydrogen) atoms. The molecule has 0 aliphatic heterocycles. The second-order valence-electron chi connectivity index (χ2n) is 11.8. The summed E-state index contributed by atoms with van der Waals surface area (Å²) in [6.07, 6.45) is 29.0. The van der Waals surface area contributed by atoms with Gasteiger partial charge in [0, 0.05) is 0 Å². The highest BCUT2D eigenvalue weighted by Crippen LogP contribution is 2.27. The molecule has 0 aromatic rings. The van der Waals surface area contributed by atoms with Gasteiger partial charge in [-0.2, -0.15) is 0 Å². The predicted octanol–water partition coefficient (Wildman–Crippen LogP) is 7.27. The van der Waals surface area contributed by atoms with Gasteiger partial charge in [0.1, 0.15) is 6.04 Å². The number of unbranched alkanes of at least 4 members (excludes halogenated alkanes) is 18. The van der Waals surface area contributed by atoms with Crippen LogP contribution in [0, 0.1) is 0 Å². The first-order valence-electron chi connectivity index (χ1n) is 16.3. The number of allylic oxidation sites excluding steroid dienone is 2. The van der Waals surface area contributed by atoms with Crippen LogP contribution in [0.3, 0.4) is 0 Å². The van der Waals surface area contributed by atoms with Crippen LogP contribution in [0.25, 0.3) is 0 Å². The summed E-state index contributed by atoms with van der Waals surface area (Å²) in [6, 6.07) is -3.55. The summed E-state index contributed by atoms with van der Waals surface area (Å²) in [6.45, 7) is 6.60. The first kappa shape index (κ1) is 38.1. The van der Waals surface area contributed by atoms with Crippen LogP contribution in [0.1, 0.15) is 156 Å². The van der Waals surface area contributed by atoms with Crippen LogP contribution in [-0.2, 0) is 14.4 Å². The van der Waals surface area contributed by atoms with E-state index in [1.807, 2.05) is 0 Å². The molecule has 7 heteroatoms. The molecule has 2 N–H and O–H groups in total. The van der Waals surface area contributed by atoms with Gasteiger partial charge in [0.15, 0.2) is 12.1 Å². The first-order valence-corrected chi connectivity index (χ1v) is 16.3. The summed E-state index contributed by atoms with van der Waals surface area (Å²) >= 11 is 0. The molecule has 0 aliphatic carbocycles. The van der Waals surface area contributed by atoms with Crippen molar-refractivity contribution in [1.29, 1.82) is 0 Å². The standard InChI is InChI=1S/C33H61NO6/c1-5-6-7-8-9-10-11-12-13-14-15-16-17-18-19-20-21-22-23-24-25-26-27-34(28(2)31(35)36,29(3)32(37)38)30(4)33(39)40/h9-10,28-30H,5-8,11-27H2,1-4H3,(H2-,35,36,37,38,39,40)/b10-9+. The second-order valence-corrected chi connectivity index (χ2v) is 11.8. The Morgan fingerprint density at radius 3 is 1.23 bits per heavy atom. The Kier molecular flexibility index (Phi) is 22.7. The molecule has 0 radical (unpaired) electrons. The van der Waals surface area contributed by atoms with Crippen LogP contribution < -0.4 is 5.11 Å². The number of quaternary nitrogens is 1. The zero-order chi connectivity index (χ0) is 30.2. The fourth-order valence-corrected chi connectivity index (χ4v) is 5.89. The third kappa shape index (κ3) is 15.8. The normalized spacial score (nSPS) is 15.5. The molecule has 0 fully saturated rings. The Morgan fingerprint density at radius 1 is 0.575 bits per heavy atom. The van der Waals surface area contributed by atoms with Gasteiger partial charge in [0.2, 0.25) is 0 Å². The van der Waals surface area contributed by atoms with E-state index >= 15 is 0 Å². The molecule has 0 saturated carbocycles. The average Bonchev–Trinajstić information content (AvgIpc) is 2.92. The molecular formula is C33H61NO6. The summed E-state index contributed by atoms with van der Waals surface area (Å²) in [5.41, 5.74) is 0. The number of carboxylic acids is 3. The minimum Gasteiger partial charge on any atom is -0.544 e. The lowest BCUT2D eigenvalue weighted by Crippen LogP contribution is -2.72. The maximum atomic E-state index is 11.8. The number of hydrogen-bond acceptors (Lipinski definition) is 4. The smallest absolute Gasteiger partial charge is 0.362 e. The van der Waals surface area contributed by atoms with Crippen molar-refractivity contribution in [2.45, 2.75) is 174 Å². The summed E-state index contributed by atoms with van der Waals surface area (Å²) in [5, 5.41) is 31.0. The monoisotopic (exact) mass is 567 g/mol. The maximum Gasteiger partial charge on any atom is 0.362 e. The Balaban J connectivity index is 3.97. The third-order valence-electron chi connectivity index (χ3n) is 8.78. The van der Waals surface area contributed by atoms with Crippen LogP contribution in [0.5, 0.6) is 0 Å². The molecule has 3 unspecified atom stereocenters. The van der Waals surface area contributed by atoms with E-state index in [0.29, 0.717) is 6.42 Å². The Bertz CT molecular complexity index is 657. The van der Waals surface area contributed by atoms with E-state index in [0.717, 1.165) is 19.3 Å². The molecule has 3 atom stereocenters. The summed E-state index contributed by atoms with van der Waals surface area (Å²) in [5.74, 6) is -3.81. The van der Waals surface area contributed by atoms with E-state index in [2.05, 4.69) is 19.1 Å². The van der Waals surface area contributed by atoms with Crippen molar-refractivity contribution < 1.29 is 34.2 Å². The second kappa shape index (κ2) is 23.8. The van der Waals surface area contributed by atoms with Crippen LogP contribution >= 0.6 is 0 Å². The number of hydrogen-bond donors (Lipinski definition) is 2. The highest BCUT2D eigenvalue weighted by Gasteiger charge is 2.50. The van der Waals surface area contributed by atoms with Crippen molar-refractivity contribution in [2.24, 2.45) is 0 Å². The van der Waals surface area contributed by atoms with Gasteiger partial charge in [-0.05, 0) is 59.3 Å². The van der Waals surface area contributed by atoms with Crippen molar-refractivity contribution in [3.63, 3.8) is 0 Å². The van der Waals surface area contributed by atoms with Gasteiger partial charge in [-0.25, -0.2) is 9.59 Å². The number of rotatable bonds is 28. The van der Waals surface area contributed by atoms with Crippen molar-refractivity contribution in [2.75, 3.05) is 6.54 Å². The van der Waals surface area contributed by atoms with E-state index in [4.69, 9.17) is 0 Å². The quantitative estimate of drug-likeness (QED) is 0.0584. The van der Waals surface area contributed by atoms with Crippen molar-refractivity contribution in [3.05, 3.63) is 12.2 Å². The molecule has 7 nitrogen and oxygen atoms in total. The first-order chi connectivity index (χ1) is 19.1. The summed E-state index contributed by atoms with van der Waals surface area (Å²) < 4.78 is -0.538. The summed E-state index contributed by atoms with van der Waals surface area (Å²) in [7, 11) is 0. The van der Waals surface area contributed by atoms with Crippen LogP contribution in [0.15, 0.2) is 12.2 Å². The van der Waals surface area contributed by atoms with Gasteiger partial charge in [-0.15, -0.1) is 0 Å². The van der Waals surface area contributed by atoms with Gasteiger partial charge >= 0.3 is 11.9 Å². The van der Waals surface area contributed by atoms with Crippen molar-refractivity contribution in [3.8, 4) is 0 Å². The van der Waals surface area contributed by atoms with Crippen molar-refractivity contribution in [1.82, 2.24) is 0 Å². The fourth-order valence-electron chi connectivity index (χ4n) is 5.89. The predicted molar refractivity (Wildman–Crippen MR) is 161 cm³/mol. The maximum absolute atomic E-state index is 11.8. The number of carboxylic acid groups (broad SMARTS) is 3. The molecule has 0 aromatic heterocycles. The number of carbonyl (C=O) groups excluding carboxylic acids is 1. The molecule has 234 valence electrons. The minimum atomic E-state index is -1.42. The fraction of sp³-hybridized carbons (Fsp3) is 0.848. The molecule has 0 rings (SSSR count). The zero-order valence-electron chi connectivity index (χ0n) is 26.2. The van der Waals surface area contributed by atoms with Gasteiger partial charge in [-0.3, -0.25) is 4.48 Å². The SMILES string of the molecule is CCCCC/C=C/CCCCCCCCCCCCCCCCC[N+](C(C)C(=O)[O-])(C(C)C(=O)O)C(C)C(=O)O. The lowest BCUT2D eigenvalue weighted by Gasteiger charge is -2.49. The average molecular weight is 568 g/mol. The lowest BCUT2D eigenvalue weighted by molar-refractivity contribution is -0.969.